The number of carbonyl (C=O) groups is 2. The molecule has 0 spiro atoms. The molecule has 0 aliphatic carbocycles. The number of hydrogen-bond donors (Lipinski definition) is 2. The third-order valence-corrected chi connectivity index (χ3v) is 7.54. The first-order valence-corrected chi connectivity index (χ1v) is 14.1. The van der Waals surface area contributed by atoms with E-state index in [2.05, 4.69) is 50.8 Å². The van der Waals surface area contributed by atoms with Gasteiger partial charge in [-0.15, -0.1) is 0 Å². The van der Waals surface area contributed by atoms with E-state index in [1.165, 1.54) is 5.56 Å². The van der Waals surface area contributed by atoms with E-state index < -0.39 is 5.41 Å². The predicted molar refractivity (Wildman–Crippen MR) is 154 cm³/mol. The molecule has 7 nitrogen and oxygen atoms in total. The number of nitrogens with one attached hydrogen (secondary N) is 2. The van der Waals surface area contributed by atoms with Crippen LogP contribution in [0.25, 0.3) is 0 Å². The van der Waals surface area contributed by atoms with Gasteiger partial charge in [-0.25, -0.2) is 0 Å². The molecule has 2 aliphatic rings. The molecule has 38 heavy (non-hydrogen) atoms. The van der Waals surface area contributed by atoms with Crippen LogP contribution in [0.15, 0.2) is 48.5 Å². The van der Waals surface area contributed by atoms with Crippen molar-refractivity contribution in [2.75, 3.05) is 62.7 Å². The van der Waals surface area contributed by atoms with E-state index in [1.54, 1.807) is 0 Å². The van der Waals surface area contributed by atoms with E-state index in [9.17, 15) is 9.59 Å². The minimum atomic E-state index is -0.513. The summed E-state index contributed by atoms with van der Waals surface area (Å²) in [7, 11) is 0. The Morgan fingerprint density at radius 2 is 1.68 bits per heavy atom. The van der Waals surface area contributed by atoms with E-state index in [0.29, 0.717) is 23.7 Å². The van der Waals surface area contributed by atoms with Crippen LogP contribution in [-0.4, -0.2) is 69.2 Å². The lowest BCUT2D eigenvalue weighted by molar-refractivity contribution is -0.123. The lowest BCUT2D eigenvalue weighted by atomic mass is 9.89. The molecule has 0 saturated carbocycles. The van der Waals surface area contributed by atoms with Crippen LogP contribution in [0.1, 0.15) is 56.0 Å². The second kappa shape index (κ2) is 13.3. The van der Waals surface area contributed by atoms with Crippen molar-refractivity contribution in [3.8, 4) is 0 Å². The first-order chi connectivity index (χ1) is 18.3. The molecule has 2 N–H and O–H groups in total. The average molecular weight is 521 g/mol. The second-order valence-electron chi connectivity index (χ2n) is 11.6. The fourth-order valence-corrected chi connectivity index (χ4v) is 5.14. The maximum atomic E-state index is 13.4. The molecule has 7 heteroatoms. The number of amides is 2. The average Bonchev–Trinajstić information content (AvgIpc) is 2.92. The van der Waals surface area contributed by atoms with Crippen molar-refractivity contribution >= 4 is 23.2 Å². The maximum Gasteiger partial charge on any atom is 0.253 e. The van der Waals surface area contributed by atoms with E-state index in [0.717, 1.165) is 77.3 Å². The Bertz CT molecular complexity index is 1050. The molecule has 2 aromatic rings. The monoisotopic (exact) mass is 520 g/mol. The lowest BCUT2D eigenvalue weighted by Crippen LogP contribution is -2.38. The Labute approximate surface area is 227 Å². The molecular formula is C31H44N4O3. The van der Waals surface area contributed by atoms with E-state index >= 15 is 0 Å². The summed E-state index contributed by atoms with van der Waals surface area (Å²) < 4.78 is 5.42. The molecule has 0 bridgehead atoms. The summed E-state index contributed by atoms with van der Waals surface area (Å²) in [6.07, 6.45) is 4.19. The van der Waals surface area contributed by atoms with Crippen LogP contribution in [0.3, 0.4) is 0 Å². The molecule has 2 amide bonds. The zero-order chi connectivity index (χ0) is 27.0. The Kier molecular flexibility index (Phi) is 9.80. The van der Waals surface area contributed by atoms with Crippen molar-refractivity contribution in [1.82, 2.24) is 10.2 Å². The first-order valence-electron chi connectivity index (χ1n) is 14.1. The zero-order valence-corrected chi connectivity index (χ0v) is 23.3. The molecule has 2 aliphatic heterocycles. The molecule has 0 radical (unpaired) electrons. The summed E-state index contributed by atoms with van der Waals surface area (Å²) in [5.41, 5.74) is 3.11. The Morgan fingerprint density at radius 3 is 2.37 bits per heavy atom. The number of piperidine rings is 1. The predicted octanol–water partition coefficient (Wildman–Crippen LogP) is 4.58. The normalized spacial score (nSPS) is 17.3. The zero-order valence-electron chi connectivity index (χ0n) is 23.3. The van der Waals surface area contributed by atoms with Crippen molar-refractivity contribution < 1.29 is 14.3 Å². The van der Waals surface area contributed by atoms with Gasteiger partial charge in [-0.2, -0.15) is 0 Å². The van der Waals surface area contributed by atoms with Gasteiger partial charge in [0.2, 0.25) is 5.91 Å². The van der Waals surface area contributed by atoms with Gasteiger partial charge < -0.3 is 20.3 Å². The third kappa shape index (κ3) is 8.05. The van der Waals surface area contributed by atoms with Gasteiger partial charge in [-0.1, -0.05) is 51.1 Å². The molecule has 206 valence electrons. The van der Waals surface area contributed by atoms with Crippen LogP contribution in [0, 0.1) is 11.3 Å². The lowest BCUT2D eigenvalue weighted by Gasteiger charge is -2.35. The number of rotatable bonds is 9. The van der Waals surface area contributed by atoms with Gasteiger partial charge in [0.1, 0.15) is 0 Å². The van der Waals surface area contributed by atoms with E-state index in [-0.39, 0.29) is 11.8 Å². The number of benzene rings is 2. The topological polar surface area (TPSA) is 73.9 Å². The molecule has 2 fully saturated rings. The molecule has 2 aromatic carbocycles. The molecule has 2 heterocycles. The van der Waals surface area contributed by atoms with Gasteiger partial charge in [0, 0.05) is 49.5 Å². The van der Waals surface area contributed by atoms with Gasteiger partial charge in [-0.3, -0.25) is 14.5 Å². The summed E-state index contributed by atoms with van der Waals surface area (Å²) in [4.78, 5) is 30.7. The first kappa shape index (κ1) is 28.1. The van der Waals surface area contributed by atoms with Crippen LogP contribution < -0.4 is 15.5 Å². The fourth-order valence-electron chi connectivity index (χ4n) is 5.14. The van der Waals surface area contributed by atoms with Crippen molar-refractivity contribution in [1.29, 1.82) is 0 Å². The van der Waals surface area contributed by atoms with Gasteiger partial charge in [0.15, 0.2) is 0 Å². The molecular weight excluding hydrogens is 476 g/mol. The summed E-state index contributed by atoms with van der Waals surface area (Å²) in [5, 5.41) is 6.13. The standard InChI is InChI=1S/C31H44N4O3/c1-31(2,3)30(37)33-26-10-11-28(35-16-12-25(13-17-35)22-24-8-5-4-6-9-24)27(23-26)29(36)32-14-7-15-34-18-20-38-21-19-34/h4-6,8-11,23,25H,7,12-22H2,1-3H3,(H,32,36)(H,33,37). The van der Waals surface area contributed by atoms with Gasteiger partial charge >= 0.3 is 0 Å². The number of ether oxygens (including phenoxy) is 1. The number of carbonyl (C=O) groups excluding carboxylic acids is 2. The van der Waals surface area contributed by atoms with Gasteiger partial charge in [0.05, 0.1) is 18.8 Å². The molecule has 0 unspecified atom stereocenters. The summed E-state index contributed by atoms with van der Waals surface area (Å²) >= 11 is 0. The summed E-state index contributed by atoms with van der Waals surface area (Å²) in [6, 6.07) is 16.5. The molecule has 0 aromatic heterocycles. The minimum Gasteiger partial charge on any atom is -0.379 e. The molecule has 4 rings (SSSR count). The van der Waals surface area contributed by atoms with Crippen molar-refractivity contribution in [3.05, 3.63) is 59.7 Å². The van der Waals surface area contributed by atoms with E-state index in [4.69, 9.17) is 4.74 Å². The number of morpholine rings is 1. The summed E-state index contributed by atoms with van der Waals surface area (Å²) in [6.45, 7) is 12.5. The van der Waals surface area contributed by atoms with Crippen LogP contribution in [0.5, 0.6) is 0 Å². The fraction of sp³-hybridized carbons (Fsp3) is 0.548. The van der Waals surface area contributed by atoms with Gasteiger partial charge in [0.25, 0.3) is 5.91 Å². The molecule has 2 saturated heterocycles. The Hall–Kier alpha value is -2.90. The van der Waals surface area contributed by atoms with Crippen LogP contribution in [-0.2, 0) is 16.0 Å². The van der Waals surface area contributed by atoms with Crippen LogP contribution in [0.2, 0.25) is 0 Å². The largest absolute Gasteiger partial charge is 0.379 e. The highest BCUT2D eigenvalue weighted by Gasteiger charge is 2.25. The number of nitrogens with zero attached hydrogens (tertiary/aromatic N) is 2. The van der Waals surface area contributed by atoms with Crippen molar-refractivity contribution in [2.24, 2.45) is 11.3 Å². The van der Waals surface area contributed by atoms with Crippen molar-refractivity contribution in [3.63, 3.8) is 0 Å². The Morgan fingerprint density at radius 1 is 0.974 bits per heavy atom. The quantitative estimate of drug-likeness (QED) is 0.474. The van der Waals surface area contributed by atoms with Gasteiger partial charge in [-0.05, 0) is 61.9 Å². The van der Waals surface area contributed by atoms with Crippen LogP contribution in [0.4, 0.5) is 11.4 Å². The second-order valence-corrected chi connectivity index (χ2v) is 11.6. The molecule has 0 atom stereocenters. The van der Waals surface area contributed by atoms with Crippen LogP contribution >= 0.6 is 0 Å². The number of hydrogen-bond acceptors (Lipinski definition) is 5. The Balaban J connectivity index is 1.41. The van der Waals surface area contributed by atoms with E-state index in [1.807, 2.05) is 39.0 Å². The maximum absolute atomic E-state index is 13.4. The minimum absolute atomic E-state index is 0.0659. The third-order valence-electron chi connectivity index (χ3n) is 7.54. The highest BCUT2D eigenvalue weighted by molar-refractivity contribution is 6.02. The summed E-state index contributed by atoms with van der Waals surface area (Å²) in [5.74, 6) is 0.501. The highest BCUT2D eigenvalue weighted by atomic mass is 16.5. The number of anilines is 2. The van der Waals surface area contributed by atoms with Crippen molar-refractivity contribution in [2.45, 2.75) is 46.5 Å². The smallest absolute Gasteiger partial charge is 0.253 e. The SMILES string of the molecule is CC(C)(C)C(=O)Nc1ccc(N2CCC(Cc3ccccc3)CC2)c(C(=O)NCCCN2CCOCC2)c1. The highest BCUT2D eigenvalue weighted by Crippen LogP contribution is 2.30.